The molecule has 0 bridgehead atoms. The summed E-state index contributed by atoms with van der Waals surface area (Å²) in [6, 6.07) is 10.4. The third-order valence-corrected chi connectivity index (χ3v) is 5.27. The lowest BCUT2D eigenvalue weighted by molar-refractivity contribution is 0.0779. The van der Waals surface area contributed by atoms with Crippen molar-refractivity contribution in [3.63, 3.8) is 0 Å². The van der Waals surface area contributed by atoms with Crippen LogP contribution in [0.4, 0.5) is 0 Å². The number of likely N-dealkylation sites (tertiary alicyclic amines) is 1. The lowest BCUT2D eigenvalue weighted by Crippen LogP contribution is -2.33. The molecular weight excluding hydrogens is 324 g/mol. The molecule has 1 saturated carbocycles. The number of carbonyl (C=O) groups excluding carboxylic acids is 1. The molecule has 2 aliphatic rings. The number of rotatable bonds is 3. The van der Waals surface area contributed by atoms with Crippen molar-refractivity contribution in [2.24, 2.45) is 17.6 Å². The zero-order valence-corrected chi connectivity index (χ0v) is 14.4. The van der Waals surface area contributed by atoms with E-state index in [2.05, 4.69) is 17.2 Å². The van der Waals surface area contributed by atoms with Crippen molar-refractivity contribution in [1.82, 2.24) is 14.7 Å². The fraction of sp³-hybridized carbons (Fsp3) is 0.444. The van der Waals surface area contributed by atoms with Gasteiger partial charge in [0.1, 0.15) is 0 Å². The van der Waals surface area contributed by atoms with E-state index in [1.54, 1.807) is 6.20 Å². The molecule has 1 saturated heterocycles. The molecular formula is C18H23ClN4O. The first-order valence-electron chi connectivity index (χ1n) is 8.32. The first-order valence-corrected chi connectivity index (χ1v) is 8.32. The summed E-state index contributed by atoms with van der Waals surface area (Å²) in [7, 11) is 0. The Morgan fingerprint density at radius 3 is 2.75 bits per heavy atom. The van der Waals surface area contributed by atoms with Gasteiger partial charge in [-0.05, 0) is 30.2 Å². The normalized spacial score (nSPS) is 25.4. The van der Waals surface area contributed by atoms with E-state index < -0.39 is 0 Å². The third kappa shape index (κ3) is 3.19. The summed E-state index contributed by atoms with van der Waals surface area (Å²) in [5.74, 6) is 1.16. The number of carbonyl (C=O) groups is 1. The van der Waals surface area contributed by atoms with Gasteiger partial charge in [0.15, 0.2) is 0 Å². The van der Waals surface area contributed by atoms with Gasteiger partial charge < -0.3 is 10.6 Å². The lowest BCUT2D eigenvalue weighted by atomic mass is 9.98. The smallest absolute Gasteiger partial charge is 0.257 e. The molecule has 2 fully saturated rings. The maximum Gasteiger partial charge on any atom is 0.257 e. The van der Waals surface area contributed by atoms with Crippen LogP contribution in [0.1, 0.15) is 28.8 Å². The maximum atomic E-state index is 12.7. The van der Waals surface area contributed by atoms with E-state index in [0.717, 1.165) is 25.9 Å². The highest BCUT2D eigenvalue weighted by molar-refractivity contribution is 5.94. The monoisotopic (exact) mass is 346 g/mol. The predicted octanol–water partition coefficient (Wildman–Crippen LogP) is 2.16. The lowest BCUT2D eigenvalue weighted by Gasteiger charge is -2.17. The van der Waals surface area contributed by atoms with Crippen molar-refractivity contribution >= 4 is 18.3 Å². The van der Waals surface area contributed by atoms with E-state index >= 15 is 0 Å². The Morgan fingerprint density at radius 1 is 1.21 bits per heavy atom. The molecule has 1 amide bonds. The number of aromatic nitrogens is 2. The van der Waals surface area contributed by atoms with Crippen molar-refractivity contribution in [3.05, 3.63) is 53.9 Å². The van der Waals surface area contributed by atoms with E-state index in [4.69, 9.17) is 5.73 Å². The minimum absolute atomic E-state index is 0. The summed E-state index contributed by atoms with van der Waals surface area (Å²) in [4.78, 5) is 14.6. The van der Waals surface area contributed by atoms with Crippen LogP contribution in [0.15, 0.2) is 42.7 Å². The van der Waals surface area contributed by atoms with Gasteiger partial charge in [0, 0.05) is 25.3 Å². The Bertz CT molecular complexity index is 702. The maximum absolute atomic E-state index is 12.7. The van der Waals surface area contributed by atoms with Crippen LogP contribution in [0.2, 0.25) is 0 Å². The van der Waals surface area contributed by atoms with Gasteiger partial charge in [0.25, 0.3) is 5.91 Å². The number of hydrogen-bond donors (Lipinski definition) is 1. The Morgan fingerprint density at radius 2 is 2.00 bits per heavy atom. The highest BCUT2D eigenvalue weighted by Crippen LogP contribution is 2.37. The second kappa shape index (κ2) is 6.95. The van der Waals surface area contributed by atoms with Crippen molar-refractivity contribution in [2.75, 3.05) is 13.1 Å². The fourth-order valence-electron chi connectivity index (χ4n) is 3.99. The molecule has 1 aliphatic carbocycles. The third-order valence-electron chi connectivity index (χ3n) is 5.27. The number of fused-ring (bicyclic) bond motifs is 1. The zero-order chi connectivity index (χ0) is 15.8. The van der Waals surface area contributed by atoms with Crippen LogP contribution in [-0.2, 0) is 6.54 Å². The first kappa shape index (κ1) is 17.0. The fourth-order valence-corrected chi connectivity index (χ4v) is 3.99. The molecule has 4 rings (SSSR count). The predicted molar refractivity (Wildman–Crippen MR) is 95.1 cm³/mol. The van der Waals surface area contributed by atoms with Gasteiger partial charge in [0.2, 0.25) is 0 Å². The molecule has 3 atom stereocenters. The number of halogens is 1. The van der Waals surface area contributed by atoms with Crippen LogP contribution in [0.5, 0.6) is 0 Å². The van der Waals surface area contributed by atoms with Crippen LogP contribution < -0.4 is 5.73 Å². The van der Waals surface area contributed by atoms with E-state index in [0.29, 0.717) is 23.9 Å². The summed E-state index contributed by atoms with van der Waals surface area (Å²) < 4.78 is 1.82. The summed E-state index contributed by atoms with van der Waals surface area (Å²) in [6.07, 6.45) is 5.79. The minimum Gasteiger partial charge on any atom is -0.338 e. The average Bonchev–Trinajstić information content (AvgIpc) is 3.26. The summed E-state index contributed by atoms with van der Waals surface area (Å²) >= 11 is 0. The molecule has 1 aliphatic heterocycles. The van der Waals surface area contributed by atoms with E-state index in [1.807, 2.05) is 34.0 Å². The van der Waals surface area contributed by atoms with Crippen LogP contribution >= 0.6 is 12.4 Å². The second-order valence-corrected chi connectivity index (χ2v) is 6.79. The molecule has 0 spiro atoms. The van der Waals surface area contributed by atoms with Crippen LogP contribution in [0.3, 0.4) is 0 Å². The Kier molecular flexibility index (Phi) is 4.92. The van der Waals surface area contributed by atoms with Crippen LogP contribution in [-0.4, -0.2) is 39.7 Å². The zero-order valence-electron chi connectivity index (χ0n) is 13.5. The summed E-state index contributed by atoms with van der Waals surface area (Å²) in [5, 5.41) is 4.34. The number of nitrogens with zero attached hydrogens (tertiary/aromatic N) is 3. The van der Waals surface area contributed by atoms with Crippen molar-refractivity contribution < 1.29 is 4.79 Å². The first-order chi connectivity index (χ1) is 11.2. The molecule has 128 valence electrons. The molecule has 2 N–H and O–H groups in total. The SMILES string of the molecule is Cl.NC1CCC2CN(C(=O)c3cnn(Cc4ccccc4)c3)CC12. The van der Waals surface area contributed by atoms with Gasteiger partial charge in [-0.15, -0.1) is 12.4 Å². The number of nitrogens with two attached hydrogens (primary N) is 1. The van der Waals surface area contributed by atoms with Gasteiger partial charge in [0.05, 0.1) is 18.3 Å². The molecule has 0 radical (unpaired) electrons. The quantitative estimate of drug-likeness (QED) is 0.926. The standard InChI is InChI=1S/C18H22N4O.ClH/c19-17-7-6-14-10-21(12-16(14)17)18(23)15-8-20-22(11-15)9-13-4-2-1-3-5-13;/h1-5,8,11,14,16-17H,6-7,9-10,12,19H2;1H. The van der Waals surface area contributed by atoms with Crippen LogP contribution in [0, 0.1) is 11.8 Å². The molecule has 1 aromatic carbocycles. The second-order valence-electron chi connectivity index (χ2n) is 6.79. The van der Waals surface area contributed by atoms with Gasteiger partial charge >= 0.3 is 0 Å². The highest BCUT2D eigenvalue weighted by Gasteiger charge is 2.42. The van der Waals surface area contributed by atoms with E-state index in [9.17, 15) is 4.79 Å². The molecule has 1 aromatic heterocycles. The summed E-state index contributed by atoms with van der Waals surface area (Å²) in [6.45, 7) is 2.33. The average molecular weight is 347 g/mol. The van der Waals surface area contributed by atoms with Crippen LogP contribution in [0.25, 0.3) is 0 Å². The molecule has 2 heterocycles. The largest absolute Gasteiger partial charge is 0.338 e. The number of benzene rings is 1. The van der Waals surface area contributed by atoms with E-state index in [1.165, 1.54) is 5.56 Å². The molecule has 5 nitrogen and oxygen atoms in total. The van der Waals surface area contributed by atoms with Crippen molar-refractivity contribution in [3.8, 4) is 0 Å². The Balaban J connectivity index is 0.00000169. The highest BCUT2D eigenvalue weighted by atomic mass is 35.5. The van der Waals surface area contributed by atoms with E-state index in [-0.39, 0.29) is 24.4 Å². The van der Waals surface area contributed by atoms with Gasteiger partial charge in [-0.2, -0.15) is 5.10 Å². The minimum atomic E-state index is 0. The molecule has 3 unspecified atom stereocenters. The van der Waals surface area contributed by atoms with Gasteiger partial charge in [-0.1, -0.05) is 30.3 Å². The van der Waals surface area contributed by atoms with Gasteiger partial charge in [-0.3, -0.25) is 9.48 Å². The Hall–Kier alpha value is -1.85. The topological polar surface area (TPSA) is 64.2 Å². The number of amides is 1. The Labute approximate surface area is 148 Å². The van der Waals surface area contributed by atoms with Gasteiger partial charge in [-0.25, -0.2) is 0 Å². The molecule has 24 heavy (non-hydrogen) atoms. The molecule has 6 heteroatoms. The number of hydrogen-bond acceptors (Lipinski definition) is 3. The van der Waals surface area contributed by atoms with Crippen molar-refractivity contribution in [2.45, 2.75) is 25.4 Å². The summed E-state index contributed by atoms with van der Waals surface area (Å²) in [5.41, 5.74) is 8.01. The van der Waals surface area contributed by atoms with Crippen molar-refractivity contribution in [1.29, 1.82) is 0 Å². The molecule has 2 aromatic rings.